The van der Waals surface area contributed by atoms with Crippen LogP contribution < -0.4 is 0 Å². The minimum atomic E-state index is -0.324. The number of carbonyl (C=O) groups excluding carboxylic acids is 2. The Labute approximate surface area is 118 Å². The van der Waals surface area contributed by atoms with E-state index in [9.17, 15) is 9.59 Å². The van der Waals surface area contributed by atoms with E-state index in [0.717, 1.165) is 5.56 Å². The molecule has 2 atom stereocenters. The number of benzene rings is 1. The Kier molecular flexibility index (Phi) is 4.61. The van der Waals surface area contributed by atoms with Crippen LogP contribution in [0.1, 0.15) is 24.9 Å². The van der Waals surface area contributed by atoms with Crippen LogP contribution in [0.4, 0.5) is 4.79 Å². The van der Waals surface area contributed by atoms with Gasteiger partial charge in [-0.15, -0.1) is 0 Å². The van der Waals surface area contributed by atoms with Gasteiger partial charge in [0, 0.05) is 13.0 Å². The zero-order valence-corrected chi connectivity index (χ0v) is 11.7. The third kappa shape index (κ3) is 3.29. The molecule has 0 bridgehead atoms. The summed E-state index contributed by atoms with van der Waals surface area (Å²) in [6, 6.07) is 9.69. The molecular weight excluding hydrogens is 258 g/mol. The van der Waals surface area contributed by atoms with Crippen molar-refractivity contribution in [1.29, 1.82) is 0 Å². The lowest BCUT2D eigenvalue weighted by Gasteiger charge is -2.24. The summed E-state index contributed by atoms with van der Waals surface area (Å²) in [6.45, 7) is 2.76. The lowest BCUT2D eigenvalue weighted by molar-refractivity contribution is -0.141. The second kappa shape index (κ2) is 6.41. The molecule has 1 saturated heterocycles. The molecule has 1 amide bonds. The van der Waals surface area contributed by atoms with Crippen LogP contribution in [-0.4, -0.2) is 37.2 Å². The Morgan fingerprint density at radius 1 is 1.45 bits per heavy atom. The molecule has 0 unspecified atom stereocenters. The number of cyclic esters (lactones) is 1. The minimum absolute atomic E-state index is 0.0271. The van der Waals surface area contributed by atoms with Crippen LogP contribution in [0.3, 0.4) is 0 Å². The van der Waals surface area contributed by atoms with Gasteiger partial charge in [-0.1, -0.05) is 37.3 Å². The number of ether oxygens (including phenoxy) is 2. The van der Waals surface area contributed by atoms with Gasteiger partial charge in [0.1, 0.15) is 6.61 Å². The monoisotopic (exact) mass is 277 g/mol. The first-order valence-electron chi connectivity index (χ1n) is 6.67. The first kappa shape index (κ1) is 14.4. The zero-order chi connectivity index (χ0) is 14.5. The van der Waals surface area contributed by atoms with E-state index in [4.69, 9.17) is 4.74 Å². The molecule has 1 aliphatic heterocycles. The predicted molar refractivity (Wildman–Crippen MR) is 73.0 cm³/mol. The standard InChI is InChI=1S/C15H19NO4/c1-11(8-14(17)19-2)9-16-13(10-20-15(16)18)12-6-4-3-5-7-12/h3-7,11,13H,8-10H2,1-2H3/t11-,13+/m0/s1. The fourth-order valence-corrected chi connectivity index (χ4v) is 2.37. The summed E-state index contributed by atoms with van der Waals surface area (Å²) in [5, 5.41) is 0. The highest BCUT2D eigenvalue weighted by Gasteiger charge is 2.34. The van der Waals surface area contributed by atoms with Crippen LogP contribution >= 0.6 is 0 Å². The maximum absolute atomic E-state index is 11.8. The second-order valence-electron chi connectivity index (χ2n) is 5.04. The molecule has 0 saturated carbocycles. The third-order valence-electron chi connectivity index (χ3n) is 3.41. The smallest absolute Gasteiger partial charge is 0.410 e. The number of rotatable bonds is 5. The van der Waals surface area contributed by atoms with Gasteiger partial charge >= 0.3 is 12.1 Å². The number of hydrogen-bond acceptors (Lipinski definition) is 4. The normalized spacial score (nSPS) is 19.6. The van der Waals surface area contributed by atoms with Crippen LogP contribution in [0.15, 0.2) is 30.3 Å². The first-order chi connectivity index (χ1) is 9.61. The van der Waals surface area contributed by atoms with Gasteiger partial charge in [-0.2, -0.15) is 0 Å². The van der Waals surface area contributed by atoms with Crippen molar-refractivity contribution in [3.05, 3.63) is 35.9 Å². The first-order valence-corrected chi connectivity index (χ1v) is 6.67. The molecule has 1 heterocycles. The van der Waals surface area contributed by atoms with Crippen molar-refractivity contribution in [3.8, 4) is 0 Å². The predicted octanol–water partition coefficient (Wildman–Crippen LogP) is 2.38. The van der Waals surface area contributed by atoms with Gasteiger partial charge in [-0.05, 0) is 11.5 Å². The molecule has 0 aromatic heterocycles. The molecule has 1 fully saturated rings. The highest BCUT2D eigenvalue weighted by atomic mass is 16.6. The maximum atomic E-state index is 11.8. The maximum Gasteiger partial charge on any atom is 0.410 e. The summed E-state index contributed by atoms with van der Waals surface area (Å²) in [7, 11) is 1.37. The molecule has 1 aromatic carbocycles. The molecule has 0 N–H and O–H groups in total. The van der Waals surface area contributed by atoms with Crippen LogP contribution in [0.5, 0.6) is 0 Å². The highest BCUT2D eigenvalue weighted by molar-refractivity contribution is 5.71. The van der Waals surface area contributed by atoms with E-state index in [1.54, 1.807) is 4.90 Å². The van der Waals surface area contributed by atoms with E-state index < -0.39 is 0 Å². The Bertz CT molecular complexity index is 474. The van der Waals surface area contributed by atoms with Gasteiger partial charge in [0.05, 0.1) is 13.2 Å². The van der Waals surface area contributed by atoms with E-state index in [1.165, 1.54) is 7.11 Å². The number of carbonyl (C=O) groups is 2. The molecule has 5 heteroatoms. The molecule has 5 nitrogen and oxygen atoms in total. The fraction of sp³-hybridized carbons (Fsp3) is 0.467. The van der Waals surface area contributed by atoms with E-state index >= 15 is 0 Å². The zero-order valence-electron chi connectivity index (χ0n) is 11.7. The highest BCUT2D eigenvalue weighted by Crippen LogP contribution is 2.28. The Hall–Kier alpha value is -2.04. The van der Waals surface area contributed by atoms with E-state index in [1.807, 2.05) is 37.3 Å². The molecule has 108 valence electrons. The molecule has 0 radical (unpaired) electrons. The summed E-state index contributed by atoms with van der Waals surface area (Å²) in [6.07, 6.45) is -0.0301. The fourth-order valence-electron chi connectivity index (χ4n) is 2.37. The Morgan fingerprint density at radius 3 is 2.80 bits per heavy atom. The molecular formula is C15H19NO4. The van der Waals surface area contributed by atoms with E-state index in [2.05, 4.69) is 4.74 Å². The van der Waals surface area contributed by atoms with Crippen molar-refractivity contribution in [2.24, 2.45) is 5.92 Å². The SMILES string of the molecule is COC(=O)C[C@H](C)CN1C(=O)OC[C@@H]1c1ccccc1. The summed E-state index contributed by atoms with van der Waals surface area (Å²) >= 11 is 0. The lowest BCUT2D eigenvalue weighted by Crippen LogP contribution is -2.32. The summed E-state index contributed by atoms with van der Waals surface area (Å²) < 4.78 is 9.79. The number of amides is 1. The molecule has 20 heavy (non-hydrogen) atoms. The second-order valence-corrected chi connectivity index (χ2v) is 5.04. The van der Waals surface area contributed by atoms with Gasteiger partial charge in [0.25, 0.3) is 0 Å². The largest absolute Gasteiger partial charge is 0.469 e. The van der Waals surface area contributed by atoms with Crippen molar-refractivity contribution >= 4 is 12.1 Å². The van der Waals surface area contributed by atoms with Crippen molar-refractivity contribution < 1.29 is 19.1 Å². The van der Waals surface area contributed by atoms with Crippen molar-refractivity contribution in [2.75, 3.05) is 20.3 Å². The number of nitrogens with zero attached hydrogens (tertiary/aromatic N) is 1. The third-order valence-corrected chi connectivity index (χ3v) is 3.41. The van der Waals surface area contributed by atoms with Crippen LogP contribution in [0, 0.1) is 5.92 Å². The quantitative estimate of drug-likeness (QED) is 0.775. The van der Waals surface area contributed by atoms with Crippen molar-refractivity contribution in [3.63, 3.8) is 0 Å². The number of esters is 1. The van der Waals surface area contributed by atoms with Gasteiger partial charge in [-0.3, -0.25) is 9.69 Å². The van der Waals surface area contributed by atoms with Crippen LogP contribution in [0.2, 0.25) is 0 Å². The van der Waals surface area contributed by atoms with Gasteiger partial charge < -0.3 is 9.47 Å². The molecule has 0 aliphatic carbocycles. The van der Waals surface area contributed by atoms with Crippen LogP contribution in [-0.2, 0) is 14.3 Å². The van der Waals surface area contributed by atoms with Gasteiger partial charge in [0.15, 0.2) is 0 Å². The Balaban J connectivity index is 2.04. The van der Waals surface area contributed by atoms with Crippen molar-refractivity contribution in [1.82, 2.24) is 4.90 Å². The molecule has 1 aromatic rings. The van der Waals surface area contributed by atoms with E-state index in [-0.39, 0.29) is 24.0 Å². The van der Waals surface area contributed by atoms with Crippen LogP contribution in [0.25, 0.3) is 0 Å². The van der Waals surface area contributed by atoms with Gasteiger partial charge in [-0.25, -0.2) is 4.79 Å². The lowest BCUT2D eigenvalue weighted by atomic mass is 10.0. The van der Waals surface area contributed by atoms with Gasteiger partial charge in [0.2, 0.25) is 0 Å². The number of hydrogen-bond donors (Lipinski definition) is 0. The number of methoxy groups -OCH3 is 1. The minimum Gasteiger partial charge on any atom is -0.469 e. The average molecular weight is 277 g/mol. The summed E-state index contributed by atoms with van der Waals surface area (Å²) in [5.41, 5.74) is 1.05. The molecule has 1 aliphatic rings. The molecule has 0 spiro atoms. The van der Waals surface area contributed by atoms with Crippen molar-refractivity contribution in [2.45, 2.75) is 19.4 Å². The summed E-state index contributed by atoms with van der Waals surface area (Å²) in [5.74, 6) is -0.236. The average Bonchev–Trinajstić information content (AvgIpc) is 2.81. The molecule has 2 rings (SSSR count). The summed E-state index contributed by atoms with van der Waals surface area (Å²) in [4.78, 5) is 24.8. The van der Waals surface area contributed by atoms with E-state index in [0.29, 0.717) is 19.6 Å². The topological polar surface area (TPSA) is 55.8 Å². The Morgan fingerprint density at radius 2 is 2.15 bits per heavy atom.